The van der Waals surface area contributed by atoms with Crippen LogP contribution in [0, 0.1) is 5.82 Å². The molecular weight excluding hydrogens is 423 g/mol. The van der Waals surface area contributed by atoms with Gasteiger partial charge in [-0.2, -0.15) is 0 Å². The Morgan fingerprint density at radius 3 is 2.43 bits per heavy atom. The monoisotopic (exact) mass is 440 g/mol. The van der Waals surface area contributed by atoms with Crippen LogP contribution in [0.5, 0.6) is 11.5 Å². The van der Waals surface area contributed by atoms with Gasteiger partial charge in [0, 0.05) is 15.6 Å². The molecular formula is C23H18BrFO3. The zero-order valence-corrected chi connectivity index (χ0v) is 16.8. The number of ketones is 1. The van der Waals surface area contributed by atoms with Crippen LogP contribution in [0.1, 0.15) is 21.5 Å². The Hall–Kier alpha value is -2.92. The van der Waals surface area contributed by atoms with Crippen molar-refractivity contribution in [1.82, 2.24) is 0 Å². The lowest BCUT2D eigenvalue weighted by Crippen LogP contribution is -1.99. The second-order valence-corrected chi connectivity index (χ2v) is 6.93. The summed E-state index contributed by atoms with van der Waals surface area (Å²) in [5.74, 6) is 0.895. The Balaban J connectivity index is 1.73. The van der Waals surface area contributed by atoms with Crippen molar-refractivity contribution in [2.45, 2.75) is 6.61 Å². The van der Waals surface area contributed by atoms with E-state index < -0.39 is 0 Å². The van der Waals surface area contributed by atoms with E-state index in [0.717, 1.165) is 21.3 Å². The van der Waals surface area contributed by atoms with Crippen LogP contribution in [0.15, 0.2) is 77.3 Å². The fraction of sp³-hybridized carbons (Fsp3) is 0.0870. The van der Waals surface area contributed by atoms with Crippen LogP contribution in [0.25, 0.3) is 6.08 Å². The topological polar surface area (TPSA) is 35.5 Å². The molecule has 142 valence electrons. The van der Waals surface area contributed by atoms with Gasteiger partial charge in [0.15, 0.2) is 5.78 Å². The smallest absolute Gasteiger partial charge is 0.185 e. The molecule has 0 spiro atoms. The van der Waals surface area contributed by atoms with Gasteiger partial charge in [0.25, 0.3) is 0 Å². The molecule has 28 heavy (non-hydrogen) atoms. The second-order valence-electron chi connectivity index (χ2n) is 6.02. The van der Waals surface area contributed by atoms with E-state index in [4.69, 9.17) is 9.47 Å². The second kappa shape index (κ2) is 9.33. The molecule has 3 nitrogen and oxygen atoms in total. The zero-order valence-electron chi connectivity index (χ0n) is 15.2. The lowest BCUT2D eigenvalue weighted by molar-refractivity contribution is 0.104. The summed E-state index contributed by atoms with van der Waals surface area (Å²) in [5.41, 5.74) is 2.14. The summed E-state index contributed by atoms with van der Waals surface area (Å²) in [7, 11) is 1.60. The van der Waals surface area contributed by atoms with Crippen LogP contribution in [-0.4, -0.2) is 12.9 Å². The molecule has 0 N–H and O–H groups in total. The van der Waals surface area contributed by atoms with Crippen molar-refractivity contribution in [2.24, 2.45) is 0 Å². The minimum absolute atomic E-state index is 0.191. The summed E-state index contributed by atoms with van der Waals surface area (Å²) in [5, 5.41) is 0. The number of rotatable bonds is 7. The van der Waals surface area contributed by atoms with E-state index >= 15 is 0 Å². The van der Waals surface area contributed by atoms with Gasteiger partial charge in [-0.25, -0.2) is 4.39 Å². The van der Waals surface area contributed by atoms with E-state index in [2.05, 4.69) is 15.9 Å². The molecule has 3 rings (SSSR count). The van der Waals surface area contributed by atoms with Crippen LogP contribution < -0.4 is 9.47 Å². The molecule has 0 unspecified atom stereocenters. The molecule has 0 aliphatic rings. The van der Waals surface area contributed by atoms with E-state index in [0.29, 0.717) is 17.9 Å². The molecule has 3 aromatic carbocycles. The molecule has 0 heterocycles. The number of hydrogen-bond acceptors (Lipinski definition) is 3. The van der Waals surface area contributed by atoms with Crippen LogP contribution in [0.2, 0.25) is 0 Å². The van der Waals surface area contributed by atoms with Gasteiger partial charge < -0.3 is 9.47 Å². The molecule has 0 atom stereocenters. The number of benzene rings is 3. The van der Waals surface area contributed by atoms with E-state index in [1.807, 2.05) is 42.5 Å². The molecule has 0 bridgehead atoms. The molecule has 0 radical (unpaired) electrons. The van der Waals surface area contributed by atoms with Crippen molar-refractivity contribution in [3.05, 3.63) is 99.8 Å². The predicted molar refractivity (Wildman–Crippen MR) is 111 cm³/mol. The number of hydrogen-bond donors (Lipinski definition) is 0. The van der Waals surface area contributed by atoms with Crippen molar-refractivity contribution in [1.29, 1.82) is 0 Å². The fourth-order valence-electron chi connectivity index (χ4n) is 2.59. The van der Waals surface area contributed by atoms with Gasteiger partial charge in [0.05, 0.1) is 7.11 Å². The molecule has 5 heteroatoms. The Bertz CT molecular complexity index is 980. The lowest BCUT2D eigenvalue weighted by atomic mass is 10.1. The molecule has 0 aliphatic carbocycles. The number of allylic oxidation sites excluding steroid dienone is 1. The van der Waals surface area contributed by atoms with Gasteiger partial charge in [-0.1, -0.05) is 28.1 Å². The van der Waals surface area contributed by atoms with E-state index in [1.165, 1.54) is 30.3 Å². The Morgan fingerprint density at radius 2 is 1.75 bits per heavy atom. The van der Waals surface area contributed by atoms with Gasteiger partial charge in [-0.15, -0.1) is 0 Å². The minimum Gasteiger partial charge on any atom is -0.496 e. The Morgan fingerprint density at radius 1 is 1.04 bits per heavy atom. The molecule has 0 fully saturated rings. The first kappa shape index (κ1) is 19.8. The summed E-state index contributed by atoms with van der Waals surface area (Å²) in [6, 6.07) is 18.6. The molecule has 0 amide bonds. The third-order valence-corrected chi connectivity index (χ3v) is 4.60. The summed E-state index contributed by atoms with van der Waals surface area (Å²) in [4.78, 5) is 12.2. The summed E-state index contributed by atoms with van der Waals surface area (Å²) in [6.07, 6.45) is 3.18. The zero-order chi connectivity index (χ0) is 19.9. The van der Waals surface area contributed by atoms with E-state index in [-0.39, 0.29) is 11.6 Å². The van der Waals surface area contributed by atoms with Crippen molar-refractivity contribution in [2.75, 3.05) is 7.11 Å². The van der Waals surface area contributed by atoms with Gasteiger partial charge in [-0.3, -0.25) is 4.79 Å². The first-order valence-electron chi connectivity index (χ1n) is 8.58. The average molecular weight is 441 g/mol. The van der Waals surface area contributed by atoms with Crippen molar-refractivity contribution >= 4 is 27.8 Å². The maximum absolute atomic E-state index is 13.0. The maximum atomic E-state index is 13.0. The number of carbonyl (C=O) groups is 1. The normalized spacial score (nSPS) is 10.8. The highest BCUT2D eigenvalue weighted by Gasteiger charge is 2.06. The van der Waals surface area contributed by atoms with Crippen LogP contribution >= 0.6 is 15.9 Å². The SMILES string of the molecule is COc1ccc(/C=C/C(=O)c2ccc(F)cc2)cc1COc1ccc(Br)cc1. The van der Waals surface area contributed by atoms with E-state index in [1.54, 1.807) is 13.2 Å². The number of methoxy groups -OCH3 is 1. The summed E-state index contributed by atoms with van der Waals surface area (Å²) < 4.78 is 25.2. The average Bonchev–Trinajstić information content (AvgIpc) is 2.72. The predicted octanol–water partition coefficient (Wildman–Crippen LogP) is 6.07. The third-order valence-electron chi connectivity index (χ3n) is 4.07. The molecule has 0 saturated carbocycles. The van der Waals surface area contributed by atoms with Crippen molar-refractivity contribution < 1.29 is 18.7 Å². The standard InChI is InChI=1S/C23H18BrFO3/c1-27-23-13-3-16(2-12-22(26)17-4-8-20(25)9-5-17)14-18(23)15-28-21-10-6-19(24)7-11-21/h2-14H,15H2,1H3/b12-2+. The van der Waals surface area contributed by atoms with Gasteiger partial charge >= 0.3 is 0 Å². The molecule has 0 saturated heterocycles. The number of carbonyl (C=O) groups excluding carboxylic acids is 1. The van der Waals surface area contributed by atoms with Gasteiger partial charge in [-0.05, 0) is 72.3 Å². The van der Waals surface area contributed by atoms with Gasteiger partial charge in [0.1, 0.15) is 23.9 Å². The fourth-order valence-corrected chi connectivity index (χ4v) is 2.85. The highest BCUT2D eigenvalue weighted by atomic mass is 79.9. The van der Waals surface area contributed by atoms with E-state index in [9.17, 15) is 9.18 Å². The van der Waals surface area contributed by atoms with Crippen LogP contribution in [0.4, 0.5) is 4.39 Å². The molecule has 0 aromatic heterocycles. The summed E-state index contributed by atoms with van der Waals surface area (Å²) >= 11 is 3.39. The first-order valence-corrected chi connectivity index (χ1v) is 9.38. The van der Waals surface area contributed by atoms with Crippen molar-refractivity contribution in [3.8, 4) is 11.5 Å². The first-order chi connectivity index (χ1) is 13.5. The van der Waals surface area contributed by atoms with Crippen LogP contribution in [0.3, 0.4) is 0 Å². The Kier molecular flexibility index (Phi) is 6.61. The lowest BCUT2D eigenvalue weighted by Gasteiger charge is -2.11. The Labute approximate surface area is 171 Å². The minimum atomic E-state index is -0.369. The maximum Gasteiger partial charge on any atom is 0.185 e. The van der Waals surface area contributed by atoms with Crippen LogP contribution in [-0.2, 0) is 6.61 Å². The summed E-state index contributed by atoms with van der Waals surface area (Å²) in [6.45, 7) is 0.332. The largest absolute Gasteiger partial charge is 0.496 e. The quantitative estimate of drug-likeness (QED) is 0.330. The van der Waals surface area contributed by atoms with Gasteiger partial charge in [0.2, 0.25) is 0 Å². The van der Waals surface area contributed by atoms with Crippen molar-refractivity contribution in [3.63, 3.8) is 0 Å². The number of halogens is 2. The molecule has 0 aliphatic heterocycles. The third kappa shape index (κ3) is 5.30. The molecule has 3 aromatic rings. The highest BCUT2D eigenvalue weighted by Crippen LogP contribution is 2.24. The number of ether oxygens (including phenoxy) is 2. The highest BCUT2D eigenvalue weighted by molar-refractivity contribution is 9.10.